The molecular formula is C31H43FO. The molecule has 2 heteroatoms. The molecule has 0 aromatic heterocycles. The Morgan fingerprint density at radius 2 is 1.42 bits per heavy atom. The predicted octanol–water partition coefficient (Wildman–Crippen LogP) is 9.28. The molecule has 180 valence electrons. The molecular weight excluding hydrogens is 407 g/mol. The maximum absolute atomic E-state index is 14.3. The lowest BCUT2D eigenvalue weighted by molar-refractivity contribution is 0.220. The molecule has 2 saturated carbocycles. The van der Waals surface area contributed by atoms with Gasteiger partial charge in [-0.15, -0.1) is 0 Å². The van der Waals surface area contributed by atoms with Crippen molar-refractivity contribution in [1.29, 1.82) is 0 Å². The predicted molar refractivity (Wildman–Crippen MR) is 136 cm³/mol. The minimum atomic E-state index is -0.203. The van der Waals surface area contributed by atoms with Crippen molar-refractivity contribution >= 4 is 0 Å². The van der Waals surface area contributed by atoms with E-state index < -0.39 is 0 Å². The molecule has 0 amide bonds. The molecule has 4 rings (SSSR count). The van der Waals surface area contributed by atoms with Gasteiger partial charge < -0.3 is 4.74 Å². The monoisotopic (exact) mass is 450 g/mol. The number of ether oxygens (including phenoxy) is 1. The van der Waals surface area contributed by atoms with Gasteiger partial charge in [0.1, 0.15) is 0 Å². The minimum Gasteiger partial charge on any atom is -0.491 e. The summed E-state index contributed by atoms with van der Waals surface area (Å²) < 4.78 is 19.6. The Morgan fingerprint density at radius 1 is 0.818 bits per heavy atom. The van der Waals surface area contributed by atoms with Crippen LogP contribution in [-0.4, -0.2) is 6.61 Å². The Balaban J connectivity index is 1.14. The van der Waals surface area contributed by atoms with E-state index in [0.717, 1.165) is 23.3 Å². The van der Waals surface area contributed by atoms with Crippen molar-refractivity contribution < 1.29 is 9.13 Å². The summed E-state index contributed by atoms with van der Waals surface area (Å²) in [7, 11) is 0. The molecule has 1 nitrogen and oxygen atoms in total. The first-order chi connectivity index (χ1) is 16.1. The van der Waals surface area contributed by atoms with Crippen LogP contribution in [0.15, 0.2) is 48.5 Å². The summed E-state index contributed by atoms with van der Waals surface area (Å²) in [6.07, 6.45) is 15.0. The van der Waals surface area contributed by atoms with Crippen molar-refractivity contribution in [2.24, 2.45) is 17.8 Å². The summed E-state index contributed by atoms with van der Waals surface area (Å²) in [5, 5.41) is 0. The first-order valence-electron chi connectivity index (χ1n) is 13.6. The molecule has 0 radical (unpaired) electrons. The van der Waals surface area contributed by atoms with Crippen molar-refractivity contribution in [3.05, 3.63) is 65.5 Å². The Labute approximate surface area is 201 Å². The highest BCUT2D eigenvalue weighted by Crippen LogP contribution is 2.41. The first-order valence-corrected chi connectivity index (χ1v) is 13.6. The highest BCUT2D eigenvalue weighted by Gasteiger charge is 2.26. The molecule has 0 spiro atoms. The van der Waals surface area contributed by atoms with Crippen LogP contribution in [0, 0.1) is 23.6 Å². The van der Waals surface area contributed by atoms with Crippen LogP contribution in [0.1, 0.15) is 107 Å². The molecule has 0 N–H and O–H groups in total. The lowest BCUT2D eigenvalue weighted by Crippen LogP contribution is -2.18. The van der Waals surface area contributed by atoms with E-state index in [1.807, 2.05) is 13.0 Å². The molecule has 2 aliphatic carbocycles. The molecule has 2 aliphatic rings. The number of hydrogen-bond donors (Lipinski definition) is 0. The molecule has 0 heterocycles. The molecule has 33 heavy (non-hydrogen) atoms. The van der Waals surface area contributed by atoms with Crippen LogP contribution in [0.2, 0.25) is 0 Å². The number of halogens is 1. The van der Waals surface area contributed by atoms with E-state index >= 15 is 0 Å². The van der Waals surface area contributed by atoms with Crippen molar-refractivity contribution in [2.75, 3.05) is 6.61 Å². The van der Waals surface area contributed by atoms with Gasteiger partial charge >= 0.3 is 0 Å². The maximum atomic E-state index is 14.3. The molecule has 2 fully saturated rings. The van der Waals surface area contributed by atoms with Gasteiger partial charge in [-0.1, -0.05) is 81.8 Å². The van der Waals surface area contributed by atoms with Crippen molar-refractivity contribution in [2.45, 2.75) is 96.3 Å². The third kappa shape index (κ3) is 6.84. The zero-order valence-electron chi connectivity index (χ0n) is 20.8. The molecule has 0 aliphatic heterocycles. The molecule has 0 saturated heterocycles. The number of hydrogen-bond acceptors (Lipinski definition) is 1. The molecule has 1 atom stereocenters. The van der Waals surface area contributed by atoms with Crippen molar-refractivity contribution in [3.63, 3.8) is 0 Å². The second-order valence-electron chi connectivity index (χ2n) is 10.9. The van der Waals surface area contributed by atoms with Gasteiger partial charge in [0.25, 0.3) is 0 Å². The smallest absolute Gasteiger partial charge is 0.165 e. The SMILES string of the molecule is CCOc1ccc(C2CCC(CCC3CCC(C[C@@H](C)c4ccccc4)CC3)CC2)cc1F. The molecule has 2 aromatic carbocycles. The van der Waals surface area contributed by atoms with Crippen molar-refractivity contribution in [3.8, 4) is 5.75 Å². The van der Waals surface area contributed by atoms with Crippen LogP contribution in [0.5, 0.6) is 5.75 Å². The van der Waals surface area contributed by atoms with Crippen LogP contribution in [-0.2, 0) is 0 Å². The molecule has 0 bridgehead atoms. The Kier molecular flexibility index (Phi) is 8.87. The van der Waals surface area contributed by atoms with E-state index in [2.05, 4.69) is 43.3 Å². The summed E-state index contributed by atoms with van der Waals surface area (Å²) in [6.45, 7) is 4.81. The van der Waals surface area contributed by atoms with Gasteiger partial charge in [0, 0.05) is 0 Å². The fraction of sp³-hybridized carbons (Fsp3) is 0.613. The van der Waals surface area contributed by atoms with Crippen LogP contribution in [0.25, 0.3) is 0 Å². The minimum absolute atomic E-state index is 0.203. The number of rotatable bonds is 9. The summed E-state index contributed by atoms with van der Waals surface area (Å²) >= 11 is 0. The van der Waals surface area contributed by atoms with Crippen LogP contribution in [0.3, 0.4) is 0 Å². The third-order valence-electron chi connectivity index (χ3n) is 8.58. The largest absolute Gasteiger partial charge is 0.491 e. The van der Waals surface area contributed by atoms with E-state index in [1.165, 1.54) is 76.2 Å². The average Bonchev–Trinajstić information content (AvgIpc) is 2.86. The Hall–Kier alpha value is -1.83. The standard InChI is InChI=1S/C31H43FO/c1-3-33-31-20-19-29(22-30(31)32)28-17-15-25(16-18-28)10-9-24-11-13-26(14-12-24)21-23(2)27-7-5-4-6-8-27/h4-8,19-20,22-26,28H,3,9-18,21H2,1-2H3/t23-,24?,25?,26?,28?/m1/s1. The van der Waals surface area contributed by atoms with E-state index in [-0.39, 0.29) is 5.82 Å². The van der Waals surface area contributed by atoms with Crippen LogP contribution in [0.4, 0.5) is 4.39 Å². The van der Waals surface area contributed by atoms with Gasteiger partial charge in [-0.25, -0.2) is 4.39 Å². The summed E-state index contributed by atoms with van der Waals surface area (Å²) in [5.41, 5.74) is 2.67. The average molecular weight is 451 g/mol. The highest BCUT2D eigenvalue weighted by atomic mass is 19.1. The quantitative estimate of drug-likeness (QED) is 0.370. The molecule has 2 aromatic rings. The fourth-order valence-electron chi connectivity index (χ4n) is 6.47. The van der Waals surface area contributed by atoms with Gasteiger partial charge in [-0.05, 0) is 91.9 Å². The topological polar surface area (TPSA) is 9.23 Å². The second kappa shape index (κ2) is 12.0. The first kappa shape index (κ1) is 24.3. The van der Waals surface area contributed by atoms with E-state index in [0.29, 0.717) is 24.2 Å². The summed E-state index contributed by atoms with van der Waals surface area (Å²) in [6, 6.07) is 16.7. The lowest BCUT2D eigenvalue weighted by atomic mass is 9.73. The van der Waals surface area contributed by atoms with E-state index in [4.69, 9.17) is 4.74 Å². The summed E-state index contributed by atoms with van der Waals surface area (Å²) in [4.78, 5) is 0. The normalized spacial score (nSPS) is 26.6. The van der Waals surface area contributed by atoms with Gasteiger partial charge in [-0.2, -0.15) is 0 Å². The van der Waals surface area contributed by atoms with Crippen molar-refractivity contribution in [1.82, 2.24) is 0 Å². The van der Waals surface area contributed by atoms with Gasteiger partial charge in [-0.3, -0.25) is 0 Å². The molecule has 0 unspecified atom stereocenters. The van der Waals surface area contributed by atoms with Gasteiger partial charge in [0.2, 0.25) is 0 Å². The van der Waals surface area contributed by atoms with Crippen LogP contribution < -0.4 is 4.74 Å². The lowest BCUT2D eigenvalue weighted by Gasteiger charge is -2.33. The number of benzene rings is 2. The highest BCUT2D eigenvalue weighted by molar-refractivity contribution is 5.31. The maximum Gasteiger partial charge on any atom is 0.165 e. The zero-order valence-corrected chi connectivity index (χ0v) is 20.8. The summed E-state index contributed by atoms with van der Waals surface area (Å²) in [5.74, 6) is 4.14. The fourth-order valence-corrected chi connectivity index (χ4v) is 6.47. The zero-order chi connectivity index (χ0) is 23.0. The van der Waals surface area contributed by atoms with Gasteiger partial charge in [0.05, 0.1) is 6.61 Å². The Bertz CT molecular complexity index is 831. The van der Waals surface area contributed by atoms with E-state index in [9.17, 15) is 4.39 Å². The Morgan fingerprint density at radius 3 is 2.03 bits per heavy atom. The third-order valence-corrected chi connectivity index (χ3v) is 8.58. The van der Waals surface area contributed by atoms with E-state index in [1.54, 1.807) is 6.07 Å². The second-order valence-corrected chi connectivity index (χ2v) is 10.9. The van der Waals surface area contributed by atoms with Gasteiger partial charge in [0.15, 0.2) is 11.6 Å². The van der Waals surface area contributed by atoms with Crippen LogP contribution >= 0.6 is 0 Å².